The Morgan fingerprint density at radius 1 is 1.29 bits per heavy atom. The van der Waals surface area contributed by atoms with Gasteiger partial charge in [-0.15, -0.1) is 0 Å². The predicted octanol–water partition coefficient (Wildman–Crippen LogP) is 2.09. The molecule has 5 nitrogen and oxygen atoms in total. The Morgan fingerprint density at radius 3 is 2.71 bits per heavy atom. The fraction of sp³-hybridized carbons (Fsp3) is 0.467. The second-order valence-corrected chi connectivity index (χ2v) is 5.93. The zero-order valence-corrected chi connectivity index (χ0v) is 12.5. The lowest BCUT2D eigenvalue weighted by molar-refractivity contribution is 0.0714. The van der Waals surface area contributed by atoms with Crippen molar-refractivity contribution in [3.8, 4) is 11.5 Å². The Kier molecular flexibility index (Phi) is 3.96. The molecule has 112 valence electrons. The summed E-state index contributed by atoms with van der Waals surface area (Å²) in [6, 6.07) is 5.48. The van der Waals surface area contributed by atoms with Gasteiger partial charge in [-0.1, -0.05) is 25.1 Å². The normalized spacial score (nSPS) is 17.0. The number of rotatable bonds is 4. The fourth-order valence-electron chi connectivity index (χ4n) is 2.95. The molecule has 1 fully saturated rings. The molecule has 1 saturated carbocycles. The topological polar surface area (TPSA) is 64.8 Å². The second kappa shape index (κ2) is 5.89. The van der Waals surface area contributed by atoms with Crippen molar-refractivity contribution < 1.29 is 14.3 Å². The number of carbonyl (C=O) groups is 1. The third-order valence-corrected chi connectivity index (χ3v) is 4.10. The van der Waals surface area contributed by atoms with Crippen molar-refractivity contribution in [2.45, 2.75) is 31.7 Å². The molecule has 0 atom stereocenters. The summed E-state index contributed by atoms with van der Waals surface area (Å²) >= 11 is 5.00. The van der Waals surface area contributed by atoms with E-state index in [-0.39, 0.29) is 18.7 Å². The van der Waals surface area contributed by atoms with Crippen LogP contribution in [0.1, 0.15) is 36.0 Å². The minimum Gasteiger partial charge on any atom is -0.454 e. The van der Waals surface area contributed by atoms with Gasteiger partial charge < -0.3 is 20.1 Å². The smallest absolute Gasteiger partial charge is 0.254 e. The van der Waals surface area contributed by atoms with E-state index in [1.165, 1.54) is 0 Å². The Bertz CT molecular complexity index is 570. The van der Waals surface area contributed by atoms with Gasteiger partial charge in [-0.3, -0.25) is 4.79 Å². The molecule has 3 rings (SSSR count). The highest BCUT2D eigenvalue weighted by atomic mass is 32.1. The number of hydrogen-bond donors (Lipinski definition) is 1. The van der Waals surface area contributed by atoms with Crippen LogP contribution in [0.15, 0.2) is 18.2 Å². The summed E-state index contributed by atoms with van der Waals surface area (Å²) in [6.45, 7) is 0.527. The molecule has 0 bridgehead atoms. The monoisotopic (exact) mass is 306 g/mol. The van der Waals surface area contributed by atoms with Gasteiger partial charge in [0.05, 0.1) is 11.5 Å². The summed E-state index contributed by atoms with van der Waals surface area (Å²) in [4.78, 5) is 14.9. The average molecular weight is 306 g/mol. The fourth-order valence-corrected chi connectivity index (χ4v) is 3.09. The third kappa shape index (κ3) is 2.95. The van der Waals surface area contributed by atoms with Crippen LogP contribution >= 0.6 is 12.2 Å². The highest BCUT2D eigenvalue weighted by Crippen LogP contribution is 2.33. The zero-order valence-electron chi connectivity index (χ0n) is 11.7. The summed E-state index contributed by atoms with van der Waals surface area (Å²) in [7, 11) is 0. The van der Waals surface area contributed by atoms with Gasteiger partial charge in [0.2, 0.25) is 6.79 Å². The molecule has 1 heterocycles. The van der Waals surface area contributed by atoms with Crippen molar-refractivity contribution in [1.29, 1.82) is 0 Å². The molecule has 0 spiro atoms. The first-order valence-electron chi connectivity index (χ1n) is 7.14. The van der Waals surface area contributed by atoms with Crippen LogP contribution in [0, 0.1) is 0 Å². The Labute approximate surface area is 129 Å². The van der Waals surface area contributed by atoms with Crippen molar-refractivity contribution in [3.05, 3.63) is 23.8 Å². The van der Waals surface area contributed by atoms with Crippen LogP contribution in [0.25, 0.3) is 0 Å². The van der Waals surface area contributed by atoms with Gasteiger partial charge in [0.25, 0.3) is 5.91 Å². The first-order chi connectivity index (χ1) is 10.1. The number of nitrogens with two attached hydrogens (primary N) is 1. The average Bonchev–Trinajstić information content (AvgIpc) is 3.13. The van der Waals surface area contributed by atoms with E-state index in [0.717, 1.165) is 25.7 Å². The number of hydrogen-bond acceptors (Lipinski definition) is 4. The Morgan fingerprint density at radius 2 is 2.00 bits per heavy atom. The first-order valence-corrected chi connectivity index (χ1v) is 7.55. The summed E-state index contributed by atoms with van der Waals surface area (Å²) in [6.07, 6.45) is 4.32. The van der Waals surface area contributed by atoms with Gasteiger partial charge in [0, 0.05) is 11.6 Å². The maximum atomic E-state index is 12.8. The lowest BCUT2D eigenvalue weighted by Gasteiger charge is -2.28. The highest BCUT2D eigenvalue weighted by molar-refractivity contribution is 7.80. The summed E-state index contributed by atoms with van der Waals surface area (Å²) in [5.41, 5.74) is 6.25. The Hall–Kier alpha value is -1.82. The van der Waals surface area contributed by atoms with E-state index in [1.54, 1.807) is 23.1 Å². The van der Waals surface area contributed by atoms with E-state index in [2.05, 4.69) is 0 Å². The summed E-state index contributed by atoms with van der Waals surface area (Å²) in [5.74, 6) is 1.24. The van der Waals surface area contributed by atoms with Gasteiger partial charge >= 0.3 is 0 Å². The SMILES string of the molecule is NC(=S)CN(C(=O)c1ccc2c(c1)OCO2)C1CCCC1. The van der Waals surface area contributed by atoms with Crippen LogP contribution in [-0.2, 0) is 0 Å². The molecule has 21 heavy (non-hydrogen) atoms. The highest BCUT2D eigenvalue weighted by Gasteiger charge is 2.28. The summed E-state index contributed by atoms with van der Waals surface area (Å²) < 4.78 is 10.6. The molecule has 0 aromatic heterocycles. The van der Waals surface area contributed by atoms with E-state index in [4.69, 9.17) is 27.4 Å². The molecule has 1 aliphatic carbocycles. The third-order valence-electron chi connectivity index (χ3n) is 3.97. The van der Waals surface area contributed by atoms with Gasteiger partial charge in [-0.05, 0) is 31.0 Å². The van der Waals surface area contributed by atoms with E-state index < -0.39 is 0 Å². The van der Waals surface area contributed by atoms with E-state index in [1.807, 2.05) is 0 Å². The molecule has 1 aromatic rings. The molecule has 0 unspecified atom stereocenters. The molecule has 0 saturated heterocycles. The predicted molar refractivity (Wildman–Crippen MR) is 82.6 cm³/mol. The van der Waals surface area contributed by atoms with E-state index >= 15 is 0 Å². The second-order valence-electron chi connectivity index (χ2n) is 5.41. The largest absolute Gasteiger partial charge is 0.454 e. The Balaban J connectivity index is 1.84. The molecule has 2 aliphatic rings. The van der Waals surface area contributed by atoms with Crippen LogP contribution < -0.4 is 15.2 Å². The van der Waals surface area contributed by atoms with Crippen molar-refractivity contribution in [3.63, 3.8) is 0 Å². The standard InChI is InChI=1S/C15H18N2O3S/c16-14(21)8-17(11-3-1-2-4-11)15(18)10-5-6-12-13(7-10)20-9-19-12/h5-7,11H,1-4,8-9H2,(H2,16,21). The molecule has 1 aromatic carbocycles. The van der Waals surface area contributed by atoms with E-state index in [9.17, 15) is 4.79 Å². The lowest BCUT2D eigenvalue weighted by atomic mass is 10.1. The minimum absolute atomic E-state index is 0.0481. The van der Waals surface area contributed by atoms with Gasteiger partial charge in [-0.25, -0.2) is 0 Å². The number of benzene rings is 1. The summed E-state index contributed by atoms with van der Waals surface area (Å²) in [5, 5.41) is 0. The number of ether oxygens (including phenoxy) is 2. The molecule has 1 aliphatic heterocycles. The van der Waals surface area contributed by atoms with Crippen LogP contribution in [0.2, 0.25) is 0 Å². The molecular weight excluding hydrogens is 288 g/mol. The number of carbonyl (C=O) groups excluding carboxylic acids is 1. The van der Waals surface area contributed by atoms with Gasteiger partial charge in [-0.2, -0.15) is 0 Å². The lowest BCUT2D eigenvalue weighted by Crippen LogP contribution is -2.43. The molecule has 2 N–H and O–H groups in total. The van der Waals surface area contributed by atoms with Crippen molar-refractivity contribution in [1.82, 2.24) is 4.90 Å². The molecule has 1 amide bonds. The van der Waals surface area contributed by atoms with Crippen molar-refractivity contribution in [2.75, 3.05) is 13.3 Å². The maximum Gasteiger partial charge on any atom is 0.254 e. The number of amides is 1. The van der Waals surface area contributed by atoms with Gasteiger partial charge in [0.15, 0.2) is 11.5 Å². The van der Waals surface area contributed by atoms with Crippen LogP contribution in [0.5, 0.6) is 11.5 Å². The number of thiocarbonyl (C=S) groups is 1. The van der Waals surface area contributed by atoms with Gasteiger partial charge in [0.1, 0.15) is 0 Å². The zero-order chi connectivity index (χ0) is 14.8. The molecule has 0 radical (unpaired) electrons. The number of nitrogens with zero attached hydrogens (tertiary/aromatic N) is 1. The quantitative estimate of drug-likeness (QED) is 0.863. The molecule has 6 heteroatoms. The maximum absolute atomic E-state index is 12.8. The van der Waals surface area contributed by atoms with Crippen LogP contribution in [0.3, 0.4) is 0 Å². The van der Waals surface area contributed by atoms with Crippen molar-refractivity contribution >= 4 is 23.1 Å². The van der Waals surface area contributed by atoms with Crippen LogP contribution in [-0.4, -0.2) is 35.2 Å². The number of fused-ring (bicyclic) bond motifs is 1. The minimum atomic E-state index is -0.0481. The van der Waals surface area contributed by atoms with Crippen molar-refractivity contribution in [2.24, 2.45) is 5.73 Å². The van der Waals surface area contributed by atoms with Crippen LogP contribution in [0.4, 0.5) is 0 Å². The first kappa shape index (κ1) is 14.1. The van der Waals surface area contributed by atoms with E-state index in [0.29, 0.717) is 28.6 Å². The molecular formula is C15H18N2O3S.